The van der Waals surface area contributed by atoms with Crippen molar-refractivity contribution in [1.29, 1.82) is 0 Å². The van der Waals surface area contributed by atoms with Crippen molar-refractivity contribution in [1.82, 2.24) is 35.1 Å². The number of benzene rings is 1. The summed E-state index contributed by atoms with van der Waals surface area (Å²) < 4.78 is 20.9. The first-order valence-corrected chi connectivity index (χ1v) is 13.8. The van der Waals surface area contributed by atoms with Gasteiger partial charge in [0.2, 0.25) is 0 Å². The van der Waals surface area contributed by atoms with Crippen LogP contribution in [0.25, 0.3) is 17.2 Å². The lowest BCUT2D eigenvalue weighted by molar-refractivity contribution is -0.124. The van der Waals surface area contributed by atoms with Crippen molar-refractivity contribution in [2.75, 3.05) is 18.4 Å². The number of anilines is 1. The molecule has 5 atom stereocenters. The van der Waals surface area contributed by atoms with E-state index in [0.717, 1.165) is 5.56 Å². The summed E-state index contributed by atoms with van der Waals surface area (Å²) in [5.41, 5.74) is 2.40. The third kappa shape index (κ3) is 6.08. The van der Waals surface area contributed by atoms with Gasteiger partial charge in [-0.1, -0.05) is 36.4 Å². The summed E-state index contributed by atoms with van der Waals surface area (Å²) in [5, 5.41) is 18.1. The Morgan fingerprint density at radius 3 is 2.67 bits per heavy atom. The predicted octanol–water partition coefficient (Wildman–Crippen LogP) is 2.57. The number of fused-ring (bicyclic) bond motifs is 2. The summed E-state index contributed by atoms with van der Waals surface area (Å²) in [6.45, 7) is 2.82. The Hall–Kier alpha value is -4.76. The van der Waals surface area contributed by atoms with E-state index < -0.39 is 42.8 Å². The smallest absolute Gasteiger partial charge is 0.337 e. The third-order valence-corrected chi connectivity index (χ3v) is 7.07. The molecule has 2 amide bonds. The van der Waals surface area contributed by atoms with Gasteiger partial charge >= 0.3 is 12.0 Å². The Balaban J connectivity index is 1.24. The van der Waals surface area contributed by atoms with E-state index >= 15 is 0 Å². The maximum Gasteiger partial charge on any atom is 0.337 e. The summed E-state index contributed by atoms with van der Waals surface area (Å²) in [5.74, 6) is -0.781. The largest absolute Gasteiger partial charge is 0.478 e. The molecule has 0 saturated carbocycles. The third-order valence-electron chi connectivity index (χ3n) is 7.07. The van der Waals surface area contributed by atoms with Gasteiger partial charge < -0.3 is 30.0 Å². The minimum atomic E-state index is -1.04. The molecule has 2 aliphatic heterocycles. The number of ether oxygens (including phenoxy) is 3. The molecule has 14 heteroatoms. The van der Waals surface area contributed by atoms with Crippen LogP contribution in [0.2, 0.25) is 0 Å². The summed E-state index contributed by atoms with van der Waals surface area (Å²) in [7, 11) is 0. The number of nitrogens with one attached hydrogen (secondary N) is 3. The first-order chi connectivity index (χ1) is 21.0. The van der Waals surface area contributed by atoms with Crippen molar-refractivity contribution in [2.45, 2.75) is 44.3 Å². The zero-order valence-electron chi connectivity index (χ0n) is 23.2. The lowest BCUT2D eigenvalue weighted by Gasteiger charge is -2.20. The summed E-state index contributed by atoms with van der Waals surface area (Å²) in [6.07, 6.45) is 5.53. The highest BCUT2D eigenvalue weighted by atomic mass is 16.8. The number of urea groups is 1. The second kappa shape index (κ2) is 12.6. The van der Waals surface area contributed by atoms with Crippen LogP contribution in [0.15, 0.2) is 67.4 Å². The number of carboxylic acid groups (broad SMARTS) is 1. The van der Waals surface area contributed by atoms with Crippen molar-refractivity contribution in [2.24, 2.45) is 0 Å². The van der Waals surface area contributed by atoms with Gasteiger partial charge in [0, 0.05) is 25.8 Å². The van der Waals surface area contributed by atoms with Gasteiger partial charge in [0.25, 0.3) is 0 Å². The number of pyridine rings is 1. The summed E-state index contributed by atoms with van der Waals surface area (Å²) in [6, 6.07) is 12.5. The molecule has 14 nitrogen and oxygen atoms in total. The number of carboxylic acids is 1. The van der Waals surface area contributed by atoms with Crippen LogP contribution in [0.5, 0.6) is 0 Å². The number of hydrogen-bond acceptors (Lipinski definition) is 10. The van der Waals surface area contributed by atoms with Crippen molar-refractivity contribution in [3.63, 3.8) is 0 Å². The molecular weight excluding hydrogens is 556 g/mol. The number of nitrogens with zero attached hydrogens (tertiary/aromatic N) is 5. The fraction of sp³-hybridized carbons (Fsp3) is 0.310. The number of carbonyl (C=O) groups excluding carboxylic acids is 1. The van der Waals surface area contributed by atoms with Gasteiger partial charge in [-0.3, -0.25) is 14.9 Å². The van der Waals surface area contributed by atoms with Gasteiger partial charge in [-0.2, -0.15) is 0 Å². The van der Waals surface area contributed by atoms with Crippen LogP contribution >= 0.6 is 0 Å². The van der Waals surface area contributed by atoms with Crippen LogP contribution in [-0.4, -0.2) is 79.3 Å². The molecule has 222 valence electrons. The van der Waals surface area contributed by atoms with Gasteiger partial charge in [0.1, 0.15) is 24.6 Å². The van der Waals surface area contributed by atoms with Crippen LogP contribution in [0.4, 0.5) is 10.6 Å². The van der Waals surface area contributed by atoms with Crippen molar-refractivity contribution in [3.8, 4) is 0 Å². The number of rotatable bonds is 10. The molecule has 5 heterocycles. The zero-order valence-corrected chi connectivity index (χ0v) is 23.2. The number of aromatic carboxylic acids is 1. The van der Waals surface area contributed by atoms with E-state index in [-0.39, 0.29) is 17.9 Å². The van der Waals surface area contributed by atoms with Crippen LogP contribution in [0.3, 0.4) is 0 Å². The van der Waals surface area contributed by atoms with E-state index in [4.69, 9.17) is 14.2 Å². The van der Waals surface area contributed by atoms with Gasteiger partial charge in [-0.25, -0.2) is 24.5 Å². The molecule has 4 unspecified atom stereocenters. The monoisotopic (exact) mass is 586 g/mol. The Kier molecular flexibility index (Phi) is 8.33. The van der Waals surface area contributed by atoms with Crippen LogP contribution in [0.1, 0.15) is 34.8 Å². The average molecular weight is 587 g/mol. The second-order valence-electron chi connectivity index (χ2n) is 9.87. The molecule has 0 spiro atoms. The lowest BCUT2D eigenvalue weighted by Crippen LogP contribution is -2.36. The fourth-order valence-corrected chi connectivity index (χ4v) is 5.14. The van der Waals surface area contributed by atoms with E-state index in [1.54, 1.807) is 23.2 Å². The molecule has 43 heavy (non-hydrogen) atoms. The normalized spacial score (nSPS) is 23.0. The molecule has 1 aromatic carbocycles. The highest BCUT2D eigenvalue weighted by Crippen LogP contribution is 2.41. The SMILES string of the molecule is CCNC(=O)Nc1ncnc2c1ncn2C1OC(CNCc2ncccc2C(=O)O)C2O[C@H](/C=C/c3ccccc3)OC21. The molecule has 0 bridgehead atoms. The van der Waals surface area contributed by atoms with E-state index in [0.29, 0.717) is 29.9 Å². The molecule has 4 N–H and O–H groups in total. The minimum absolute atomic E-state index is 0.131. The molecule has 2 saturated heterocycles. The number of aromatic nitrogens is 5. The van der Waals surface area contributed by atoms with Gasteiger partial charge in [0.05, 0.1) is 17.6 Å². The van der Waals surface area contributed by atoms with Crippen LogP contribution in [0, 0.1) is 0 Å². The fourth-order valence-electron chi connectivity index (χ4n) is 5.14. The van der Waals surface area contributed by atoms with Crippen LogP contribution in [-0.2, 0) is 20.8 Å². The summed E-state index contributed by atoms with van der Waals surface area (Å²) in [4.78, 5) is 41.0. The maximum atomic E-state index is 12.1. The molecule has 0 aliphatic carbocycles. The Bertz CT molecular complexity index is 1630. The molecule has 3 aromatic heterocycles. The Morgan fingerprint density at radius 1 is 1.02 bits per heavy atom. The van der Waals surface area contributed by atoms with Crippen LogP contribution < -0.4 is 16.0 Å². The standard InChI is InChI=1S/C29H30N8O6/c1-2-31-29(40)36-25-22-26(34-15-33-25)37(16-35-22)27-24-23(42-21(43-24)11-10-17-7-4-3-5-8-17)20(41-27)14-30-13-19-18(28(38)39)9-6-12-32-19/h3-12,15-16,20-21,23-24,27,30H,2,13-14H2,1H3,(H,38,39)(H2,31,33,34,36,40)/b11-10+/t20?,21-,23?,24?,27?/m0/s1. The maximum absolute atomic E-state index is 12.1. The number of amides is 2. The topological polar surface area (TPSA) is 175 Å². The quantitative estimate of drug-likeness (QED) is 0.215. The molecule has 4 aromatic rings. The summed E-state index contributed by atoms with van der Waals surface area (Å²) >= 11 is 0. The van der Waals surface area contributed by atoms with Gasteiger partial charge in [-0.05, 0) is 30.7 Å². The molecule has 2 aliphatic rings. The van der Waals surface area contributed by atoms with E-state index in [9.17, 15) is 14.7 Å². The first kappa shape index (κ1) is 28.4. The number of hydrogen-bond donors (Lipinski definition) is 4. The number of imidazole rings is 1. The molecule has 2 fully saturated rings. The van der Waals surface area contributed by atoms with Crippen molar-refractivity contribution < 1.29 is 28.9 Å². The second-order valence-corrected chi connectivity index (χ2v) is 9.87. The van der Waals surface area contributed by atoms with Crippen molar-refractivity contribution in [3.05, 3.63) is 84.2 Å². The minimum Gasteiger partial charge on any atom is -0.478 e. The van der Waals surface area contributed by atoms with Gasteiger partial charge in [0.15, 0.2) is 29.5 Å². The van der Waals surface area contributed by atoms with E-state index in [2.05, 4.69) is 35.9 Å². The van der Waals surface area contributed by atoms with E-state index in [1.165, 1.54) is 12.4 Å². The van der Waals surface area contributed by atoms with Crippen molar-refractivity contribution >= 4 is 35.1 Å². The highest BCUT2D eigenvalue weighted by Gasteiger charge is 2.53. The molecule has 0 radical (unpaired) electrons. The Morgan fingerprint density at radius 2 is 1.86 bits per heavy atom. The predicted molar refractivity (Wildman–Crippen MR) is 154 cm³/mol. The Labute approximate surface area is 246 Å². The first-order valence-electron chi connectivity index (χ1n) is 13.8. The number of carbonyl (C=O) groups is 2. The zero-order chi connectivity index (χ0) is 29.8. The molecule has 6 rings (SSSR count). The average Bonchev–Trinajstić information content (AvgIpc) is 3.72. The van der Waals surface area contributed by atoms with E-state index in [1.807, 2.05) is 49.4 Å². The van der Waals surface area contributed by atoms with Gasteiger partial charge in [-0.15, -0.1) is 0 Å². The highest BCUT2D eigenvalue weighted by molar-refractivity contribution is 5.95. The lowest BCUT2D eigenvalue weighted by atomic mass is 10.1. The molecular formula is C29H30N8O6.